The Morgan fingerprint density at radius 3 is 2.06 bits per heavy atom. The molecule has 32 heavy (non-hydrogen) atoms. The molecule has 2 aliphatic rings. The van der Waals surface area contributed by atoms with E-state index in [0.717, 1.165) is 9.13 Å². The molecule has 3 rings (SSSR count). The highest BCUT2D eigenvalue weighted by Gasteiger charge is 2.38. The van der Waals surface area contributed by atoms with Gasteiger partial charge in [0, 0.05) is 53.4 Å². The van der Waals surface area contributed by atoms with E-state index < -0.39 is 33.3 Å². The van der Waals surface area contributed by atoms with Crippen LogP contribution in [0.3, 0.4) is 0 Å². The van der Waals surface area contributed by atoms with E-state index in [1.54, 1.807) is 6.92 Å². The summed E-state index contributed by atoms with van der Waals surface area (Å²) in [7, 11) is -0.946. The highest BCUT2D eigenvalue weighted by molar-refractivity contribution is 7.86. The summed E-state index contributed by atoms with van der Waals surface area (Å²) in [5, 5.41) is 0. The number of nitrogens with two attached hydrogens (primary N) is 1. The molecule has 180 valence electrons. The molecule has 3 atom stereocenters. The lowest BCUT2D eigenvalue weighted by molar-refractivity contribution is -0.0458. The molecule has 2 N–H and O–H groups in total. The van der Waals surface area contributed by atoms with Crippen LogP contribution in [0.1, 0.15) is 31.1 Å². The van der Waals surface area contributed by atoms with Gasteiger partial charge in [0.25, 0.3) is 15.8 Å². The number of hydrogen-bond donors (Lipinski definition) is 1. The van der Waals surface area contributed by atoms with Crippen LogP contribution in [-0.2, 0) is 29.0 Å². The van der Waals surface area contributed by atoms with Crippen LogP contribution in [0, 0.1) is 0 Å². The van der Waals surface area contributed by atoms with Crippen LogP contribution in [0.2, 0.25) is 0 Å². The topological polar surface area (TPSA) is 140 Å². The maximum Gasteiger partial charge on any atom is 0.332 e. The number of hydrogen-bond acceptors (Lipinski definition) is 8. The number of rotatable bonds is 5. The predicted octanol–water partition coefficient (Wildman–Crippen LogP) is -1.79. The van der Waals surface area contributed by atoms with Crippen molar-refractivity contribution in [1.29, 1.82) is 0 Å². The highest BCUT2D eigenvalue weighted by Crippen LogP contribution is 2.20. The van der Waals surface area contributed by atoms with Crippen molar-refractivity contribution in [2.45, 2.75) is 39.0 Å². The number of ketones is 1. The number of carbonyl (C=O) groups excluding carboxylic acids is 1. The molecule has 3 heterocycles. The fraction of sp³-hybridized carbons (Fsp3) is 0.737. The van der Waals surface area contributed by atoms with Gasteiger partial charge in [-0.05, 0) is 20.8 Å². The third kappa shape index (κ3) is 4.39. The van der Waals surface area contributed by atoms with Crippen molar-refractivity contribution in [3.05, 3.63) is 26.4 Å². The van der Waals surface area contributed by atoms with Crippen LogP contribution in [0.4, 0.5) is 5.82 Å². The zero-order chi connectivity index (χ0) is 24.0. The molecule has 1 aromatic rings. The molecule has 0 radical (unpaired) electrons. The van der Waals surface area contributed by atoms with Crippen molar-refractivity contribution in [3.63, 3.8) is 0 Å². The first-order valence-electron chi connectivity index (χ1n) is 10.6. The van der Waals surface area contributed by atoms with Gasteiger partial charge in [0.15, 0.2) is 5.78 Å². The van der Waals surface area contributed by atoms with Crippen LogP contribution < -0.4 is 17.0 Å². The Hall–Kier alpha value is -2.06. The van der Waals surface area contributed by atoms with Crippen LogP contribution in [0.25, 0.3) is 0 Å². The number of aromatic nitrogens is 2. The molecule has 12 nitrogen and oxygen atoms in total. The lowest BCUT2D eigenvalue weighted by Gasteiger charge is -2.41. The quantitative estimate of drug-likeness (QED) is 0.496. The molecule has 2 saturated heterocycles. The van der Waals surface area contributed by atoms with E-state index in [-0.39, 0.29) is 36.7 Å². The van der Waals surface area contributed by atoms with E-state index in [1.165, 1.54) is 22.7 Å². The van der Waals surface area contributed by atoms with E-state index in [9.17, 15) is 22.8 Å². The van der Waals surface area contributed by atoms with Crippen molar-refractivity contribution in [2.75, 3.05) is 45.0 Å². The second-order valence-corrected chi connectivity index (χ2v) is 10.5. The van der Waals surface area contributed by atoms with Gasteiger partial charge in [0.05, 0.1) is 18.2 Å². The molecule has 3 unspecified atom stereocenters. The van der Waals surface area contributed by atoms with Gasteiger partial charge in [0.1, 0.15) is 11.4 Å². The molecular formula is C19H32N6O6S. The van der Waals surface area contributed by atoms with Crippen LogP contribution in [0.15, 0.2) is 9.59 Å². The Balaban J connectivity index is 1.72. The summed E-state index contributed by atoms with van der Waals surface area (Å²) < 4.78 is 36.6. The molecule has 0 amide bonds. The zero-order valence-electron chi connectivity index (χ0n) is 19.1. The lowest BCUT2D eigenvalue weighted by Crippen LogP contribution is -2.58. The zero-order valence-corrected chi connectivity index (χ0v) is 20.0. The molecule has 0 aromatic carbocycles. The van der Waals surface area contributed by atoms with E-state index in [2.05, 4.69) is 0 Å². The number of carbonyl (C=O) groups is 1. The minimum atomic E-state index is -3.64. The van der Waals surface area contributed by atoms with Crippen LogP contribution >= 0.6 is 0 Å². The van der Waals surface area contributed by atoms with E-state index in [1.807, 2.05) is 18.7 Å². The summed E-state index contributed by atoms with van der Waals surface area (Å²) in [6, 6.07) is -0.698. The van der Waals surface area contributed by atoms with E-state index >= 15 is 0 Å². The van der Waals surface area contributed by atoms with Gasteiger partial charge in [0.2, 0.25) is 0 Å². The molecule has 13 heteroatoms. The first-order valence-corrected chi connectivity index (χ1v) is 12.0. The van der Waals surface area contributed by atoms with Crippen molar-refractivity contribution < 1.29 is 17.9 Å². The summed E-state index contributed by atoms with van der Waals surface area (Å²) in [4.78, 5) is 39.5. The number of morpholine rings is 1. The van der Waals surface area contributed by atoms with Crippen molar-refractivity contribution in [3.8, 4) is 0 Å². The summed E-state index contributed by atoms with van der Waals surface area (Å²) in [6.07, 6.45) is -0.357. The molecule has 2 aliphatic heterocycles. The Morgan fingerprint density at radius 1 is 1.00 bits per heavy atom. The van der Waals surface area contributed by atoms with Crippen molar-refractivity contribution in [1.82, 2.24) is 22.6 Å². The Kier molecular flexibility index (Phi) is 6.96. The minimum Gasteiger partial charge on any atom is -0.384 e. The molecule has 0 saturated carbocycles. The highest BCUT2D eigenvalue weighted by atomic mass is 32.2. The van der Waals surface area contributed by atoms with Crippen LogP contribution in [0.5, 0.6) is 0 Å². The Labute approximate surface area is 187 Å². The monoisotopic (exact) mass is 472 g/mol. The first kappa shape index (κ1) is 24.6. The van der Waals surface area contributed by atoms with Gasteiger partial charge >= 0.3 is 5.69 Å². The number of piperazine rings is 1. The third-order valence-electron chi connectivity index (χ3n) is 6.20. The van der Waals surface area contributed by atoms with E-state index in [4.69, 9.17) is 10.5 Å². The summed E-state index contributed by atoms with van der Waals surface area (Å²) in [6.45, 7) is 7.05. The molecule has 0 bridgehead atoms. The number of Topliss-reactive ketones (excluding diaryl/α,β-unsaturated/α-hetero) is 1. The van der Waals surface area contributed by atoms with Gasteiger partial charge in [-0.25, -0.2) is 4.79 Å². The largest absolute Gasteiger partial charge is 0.384 e. The average molecular weight is 473 g/mol. The molecule has 0 aliphatic carbocycles. The second kappa shape index (κ2) is 9.06. The van der Waals surface area contributed by atoms with E-state index in [0.29, 0.717) is 26.2 Å². The first-order chi connectivity index (χ1) is 14.9. The molecule has 1 aromatic heterocycles. The Bertz CT molecular complexity index is 1090. The van der Waals surface area contributed by atoms with Gasteiger partial charge in [-0.15, -0.1) is 0 Å². The molecule has 2 fully saturated rings. The summed E-state index contributed by atoms with van der Waals surface area (Å²) in [5.74, 6) is -0.669. The predicted molar refractivity (Wildman–Crippen MR) is 119 cm³/mol. The number of nitrogens with zero attached hydrogens (tertiary/aromatic N) is 5. The molecular weight excluding hydrogens is 440 g/mol. The van der Waals surface area contributed by atoms with Crippen LogP contribution in [-0.4, -0.2) is 94.4 Å². The fourth-order valence-corrected chi connectivity index (χ4v) is 6.02. The fourth-order valence-electron chi connectivity index (χ4n) is 4.27. The molecule has 0 spiro atoms. The van der Waals surface area contributed by atoms with Crippen molar-refractivity contribution >= 4 is 21.8 Å². The number of nitrogen functional groups attached to an aromatic ring is 1. The average Bonchev–Trinajstić information content (AvgIpc) is 2.75. The maximum atomic E-state index is 13.1. The summed E-state index contributed by atoms with van der Waals surface area (Å²) >= 11 is 0. The van der Waals surface area contributed by atoms with Gasteiger partial charge in [-0.2, -0.15) is 17.0 Å². The Morgan fingerprint density at radius 2 is 1.53 bits per heavy atom. The summed E-state index contributed by atoms with van der Waals surface area (Å²) in [5.41, 5.74) is 4.34. The smallest absolute Gasteiger partial charge is 0.332 e. The number of ether oxygens (including phenoxy) is 1. The number of anilines is 1. The van der Waals surface area contributed by atoms with Gasteiger partial charge in [-0.1, -0.05) is 0 Å². The van der Waals surface area contributed by atoms with Gasteiger partial charge < -0.3 is 10.5 Å². The normalized spacial score (nSPS) is 25.0. The minimum absolute atomic E-state index is 0.174. The van der Waals surface area contributed by atoms with Gasteiger partial charge in [-0.3, -0.25) is 23.6 Å². The SMILES string of the molecule is CC1CN(S(=O)(=O)N2CCN(C(C)C(=O)c3c(N)n(C)c(=O)n(C)c3=O)CC2)CC(C)O1. The lowest BCUT2D eigenvalue weighted by atomic mass is 10.1. The maximum absolute atomic E-state index is 13.1. The standard InChI is InChI=1S/C19H32N6O6S/c1-12-10-25(11-13(2)31-12)32(29,30)24-8-6-23(7-9-24)14(3)16(26)15-17(20)21(4)19(28)22(5)18(15)27/h12-14H,6-11,20H2,1-5H3. The van der Waals surface area contributed by atoms with Crippen molar-refractivity contribution in [2.24, 2.45) is 14.1 Å². The second-order valence-electron chi connectivity index (χ2n) is 8.52. The third-order valence-corrected chi connectivity index (χ3v) is 8.16.